The first kappa shape index (κ1) is 25.0. The molecule has 0 aliphatic heterocycles. The van der Waals surface area contributed by atoms with Crippen LogP contribution in [0.5, 0.6) is 23.1 Å². The van der Waals surface area contributed by atoms with Crippen molar-refractivity contribution < 1.29 is 38.4 Å². The Morgan fingerprint density at radius 2 is 1.66 bits per heavy atom. The standard InChI is InChI=1S/C23H24N4O8/c1-32-16-9-13(10-17(33-2)21(16)35-4)22(30)24-11-18(28)25-26-20-14-7-5-6-8-15(14)27(23(20)31)12-19(29)34-3/h5-10,31H,11-12H2,1-4H3,(H,24,30). The van der Waals surface area contributed by atoms with Gasteiger partial charge in [0, 0.05) is 10.9 Å². The Hall–Kier alpha value is -4.61. The molecule has 3 aromatic rings. The van der Waals surface area contributed by atoms with Crippen molar-refractivity contribution in [2.75, 3.05) is 35.0 Å². The lowest BCUT2D eigenvalue weighted by atomic mass is 10.1. The molecular weight excluding hydrogens is 460 g/mol. The van der Waals surface area contributed by atoms with Gasteiger partial charge in [-0.3, -0.25) is 19.0 Å². The minimum Gasteiger partial charge on any atom is -0.493 e. The number of aromatic nitrogens is 1. The Balaban J connectivity index is 1.76. The Bertz CT molecular complexity index is 1270. The van der Waals surface area contributed by atoms with Crippen molar-refractivity contribution in [2.45, 2.75) is 6.54 Å². The largest absolute Gasteiger partial charge is 0.493 e. The van der Waals surface area contributed by atoms with Gasteiger partial charge in [0.25, 0.3) is 11.8 Å². The van der Waals surface area contributed by atoms with E-state index in [1.165, 1.54) is 45.1 Å². The number of para-hydroxylation sites is 1. The van der Waals surface area contributed by atoms with E-state index in [0.29, 0.717) is 16.7 Å². The van der Waals surface area contributed by atoms with E-state index in [9.17, 15) is 19.5 Å². The van der Waals surface area contributed by atoms with Gasteiger partial charge >= 0.3 is 5.97 Å². The molecule has 0 radical (unpaired) electrons. The number of benzene rings is 2. The van der Waals surface area contributed by atoms with Gasteiger partial charge in [0.2, 0.25) is 11.6 Å². The van der Waals surface area contributed by atoms with Crippen LogP contribution in [0.4, 0.5) is 5.69 Å². The van der Waals surface area contributed by atoms with E-state index in [-0.39, 0.29) is 35.2 Å². The average Bonchev–Trinajstić information content (AvgIpc) is 3.14. The maximum Gasteiger partial charge on any atom is 0.325 e. The number of hydrogen-bond donors (Lipinski definition) is 2. The molecule has 2 N–H and O–H groups in total. The monoisotopic (exact) mass is 484 g/mol. The van der Waals surface area contributed by atoms with Crippen LogP contribution in [0.25, 0.3) is 10.9 Å². The summed E-state index contributed by atoms with van der Waals surface area (Å²) in [5, 5.41) is 20.9. The summed E-state index contributed by atoms with van der Waals surface area (Å²) in [4.78, 5) is 36.5. The van der Waals surface area contributed by atoms with Crippen LogP contribution < -0.4 is 19.5 Å². The van der Waals surface area contributed by atoms with Crippen molar-refractivity contribution in [2.24, 2.45) is 10.2 Å². The zero-order valence-electron chi connectivity index (χ0n) is 19.5. The molecule has 3 rings (SSSR count). The number of nitrogens with one attached hydrogen (secondary N) is 1. The number of carbonyl (C=O) groups excluding carboxylic acids is 3. The Morgan fingerprint density at radius 1 is 1.00 bits per heavy atom. The predicted molar refractivity (Wildman–Crippen MR) is 124 cm³/mol. The van der Waals surface area contributed by atoms with Crippen LogP contribution in [0.1, 0.15) is 10.4 Å². The lowest BCUT2D eigenvalue weighted by molar-refractivity contribution is -0.141. The molecule has 0 spiro atoms. The van der Waals surface area contributed by atoms with Crippen LogP contribution in [0.3, 0.4) is 0 Å². The quantitative estimate of drug-likeness (QED) is 0.348. The van der Waals surface area contributed by atoms with Gasteiger partial charge in [-0.25, -0.2) is 0 Å². The number of azo groups is 1. The molecule has 1 heterocycles. The van der Waals surface area contributed by atoms with E-state index < -0.39 is 24.3 Å². The molecule has 0 unspecified atom stereocenters. The third-order valence-corrected chi connectivity index (χ3v) is 5.02. The third-order valence-electron chi connectivity index (χ3n) is 5.02. The maximum atomic E-state index is 12.5. The molecule has 0 saturated heterocycles. The fourth-order valence-corrected chi connectivity index (χ4v) is 3.34. The molecule has 12 heteroatoms. The van der Waals surface area contributed by atoms with Gasteiger partial charge in [0.15, 0.2) is 17.2 Å². The highest BCUT2D eigenvalue weighted by atomic mass is 16.5. The number of ether oxygens (including phenoxy) is 4. The van der Waals surface area contributed by atoms with Crippen molar-refractivity contribution in [3.8, 4) is 23.1 Å². The van der Waals surface area contributed by atoms with Crippen molar-refractivity contribution >= 4 is 34.4 Å². The second-order valence-corrected chi connectivity index (χ2v) is 7.04. The minimum atomic E-state index is -0.769. The average molecular weight is 484 g/mol. The summed E-state index contributed by atoms with van der Waals surface area (Å²) in [5.74, 6) is -1.39. The van der Waals surface area contributed by atoms with Gasteiger partial charge in [-0.05, 0) is 18.2 Å². The van der Waals surface area contributed by atoms with Gasteiger partial charge in [-0.1, -0.05) is 18.2 Å². The first-order valence-electron chi connectivity index (χ1n) is 10.2. The molecule has 0 aliphatic carbocycles. The molecule has 12 nitrogen and oxygen atoms in total. The molecule has 35 heavy (non-hydrogen) atoms. The maximum absolute atomic E-state index is 12.5. The van der Waals surface area contributed by atoms with Crippen molar-refractivity contribution in [3.63, 3.8) is 0 Å². The molecule has 0 atom stereocenters. The molecule has 0 fully saturated rings. The van der Waals surface area contributed by atoms with Gasteiger partial charge < -0.3 is 29.4 Å². The van der Waals surface area contributed by atoms with Crippen molar-refractivity contribution in [1.82, 2.24) is 9.88 Å². The SMILES string of the molecule is COC(=O)Cn1c(O)c(N=NC(=O)CNC(=O)c2cc(OC)c(OC)c(OC)c2)c2ccccc21. The predicted octanol–water partition coefficient (Wildman–Crippen LogP) is 2.59. The molecule has 2 amide bonds. The summed E-state index contributed by atoms with van der Waals surface area (Å²) in [7, 11) is 5.51. The molecule has 2 aromatic carbocycles. The number of rotatable bonds is 9. The molecule has 1 aromatic heterocycles. The molecule has 0 bridgehead atoms. The first-order valence-corrected chi connectivity index (χ1v) is 10.2. The Morgan fingerprint density at radius 3 is 2.26 bits per heavy atom. The molecule has 184 valence electrons. The third kappa shape index (κ3) is 5.32. The van der Waals surface area contributed by atoms with Crippen LogP contribution in [0, 0.1) is 0 Å². The fraction of sp³-hybridized carbons (Fsp3) is 0.261. The summed E-state index contributed by atoms with van der Waals surface area (Å²) in [5.41, 5.74) is 0.689. The van der Waals surface area contributed by atoms with E-state index in [0.717, 1.165) is 0 Å². The minimum absolute atomic E-state index is 0.00815. The van der Waals surface area contributed by atoms with Crippen LogP contribution in [-0.4, -0.2) is 62.4 Å². The summed E-state index contributed by atoms with van der Waals surface area (Å²) in [6, 6.07) is 9.65. The molecule has 0 aliphatic rings. The second-order valence-electron chi connectivity index (χ2n) is 7.04. The highest BCUT2D eigenvalue weighted by Gasteiger charge is 2.20. The van der Waals surface area contributed by atoms with E-state index in [2.05, 4.69) is 20.3 Å². The second kappa shape index (κ2) is 11.0. The Kier molecular flexibility index (Phi) is 7.87. The summed E-state index contributed by atoms with van der Waals surface area (Å²) < 4.78 is 21.6. The van der Waals surface area contributed by atoms with E-state index >= 15 is 0 Å². The summed E-state index contributed by atoms with van der Waals surface area (Å²) in [6.45, 7) is -0.711. The molecular formula is C23H24N4O8. The summed E-state index contributed by atoms with van der Waals surface area (Å²) in [6.07, 6.45) is 0. The van der Waals surface area contributed by atoms with Gasteiger partial charge in [-0.2, -0.15) is 0 Å². The van der Waals surface area contributed by atoms with E-state index in [1.54, 1.807) is 24.3 Å². The smallest absolute Gasteiger partial charge is 0.325 e. The zero-order valence-corrected chi connectivity index (χ0v) is 19.5. The van der Waals surface area contributed by atoms with Crippen LogP contribution >= 0.6 is 0 Å². The van der Waals surface area contributed by atoms with E-state index in [1.807, 2.05) is 0 Å². The molecule has 0 saturated carbocycles. The van der Waals surface area contributed by atoms with Gasteiger partial charge in [0.05, 0.1) is 34.0 Å². The number of aromatic hydroxyl groups is 1. The summed E-state index contributed by atoms with van der Waals surface area (Å²) >= 11 is 0. The normalized spacial score (nSPS) is 10.9. The van der Waals surface area contributed by atoms with Crippen LogP contribution in [-0.2, 0) is 20.9 Å². The number of hydrogen-bond acceptors (Lipinski definition) is 9. The van der Waals surface area contributed by atoms with E-state index in [4.69, 9.17) is 14.2 Å². The van der Waals surface area contributed by atoms with Gasteiger partial charge in [-0.15, -0.1) is 10.2 Å². The number of esters is 1. The topological polar surface area (TPSA) is 150 Å². The first-order chi connectivity index (χ1) is 16.8. The fourth-order valence-electron chi connectivity index (χ4n) is 3.34. The lowest BCUT2D eigenvalue weighted by Gasteiger charge is -2.13. The number of amides is 2. The van der Waals surface area contributed by atoms with Gasteiger partial charge in [0.1, 0.15) is 13.1 Å². The Labute approximate surface area is 200 Å². The van der Waals surface area contributed by atoms with Crippen LogP contribution in [0.15, 0.2) is 46.6 Å². The number of fused-ring (bicyclic) bond motifs is 1. The number of nitrogens with zero attached hydrogens (tertiary/aromatic N) is 3. The van der Waals surface area contributed by atoms with Crippen molar-refractivity contribution in [1.29, 1.82) is 0 Å². The van der Waals surface area contributed by atoms with Crippen LogP contribution in [0.2, 0.25) is 0 Å². The zero-order chi connectivity index (χ0) is 25.5. The van der Waals surface area contributed by atoms with Crippen molar-refractivity contribution in [3.05, 3.63) is 42.0 Å². The number of carbonyl (C=O) groups is 3. The lowest BCUT2D eigenvalue weighted by Crippen LogP contribution is -2.28. The highest BCUT2D eigenvalue weighted by Crippen LogP contribution is 2.39. The number of methoxy groups -OCH3 is 4. The highest BCUT2D eigenvalue weighted by molar-refractivity contribution is 5.98.